The Labute approximate surface area is 224 Å². The van der Waals surface area contributed by atoms with Crippen molar-refractivity contribution in [1.29, 1.82) is 0 Å². The molecule has 1 aromatic heterocycles. The number of carbonyl (C=O) groups excluding carboxylic acids is 1. The summed E-state index contributed by atoms with van der Waals surface area (Å²) in [7, 11) is 0. The number of carbonyl (C=O) groups is 1. The van der Waals surface area contributed by atoms with Gasteiger partial charge >= 0.3 is 0 Å². The summed E-state index contributed by atoms with van der Waals surface area (Å²) in [5.41, 5.74) is 3.95. The summed E-state index contributed by atoms with van der Waals surface area (Å²) in [6.45, 7) is 3.84. The maximum Gasteiger partial charge on any atom is 0.253 e. The number of aromatic hydroxyl groups is 1. The van der Waals surface area contributed by atoms with Crippen molar-refractivity contribution in [3.8, 4) is 16.9 Å². The van der Waals surface area contributed by atoms with Crippen LogP contribution in [-0.4, -0.2) is 45.2 Å². The van der Waals surface area contributed by atoms with Crippen LogP contribution in [0, 0.1) is 0 Å². The van der Waals surface area contributed by atoms with Crippen LogP contribution in [0.2, 0.25) is 0 Å². The summed E-state index contributed by atoms with van der Waals surface area (Å²) >= 11 is 0. The smallest absolute Gasteiger partial charge is 0.253 e. The molecule has 196 valence electrons. The van der Waals surface area contributed by atoms with Gasteiger partial charge in [-0.1, -0.05) is 54.6 Å². The highest BCUT2D eigenvalue weighted by molar-refractivity contribution is 5.94. The first-order valence-electron chi connectivity index (χ1n) is 13.5. The Morgan fingerprint density at radius 1 is 0.895 bits per heavy atom. The fourth-order valence-electron chi connectivity index (χ4n) is 5.10. The van der Waals surface area contributed by atoms with E-state index in [-0.39, 0.29) is 11.7 Å². The molecule has 1 saturated heterocycles. The summed E-state index contributed by atoms with van der Waals surface area (Å²) in [5, 5.41) is 9.50. The van der Waals surface area contributed by atoms with Gasteiger partial charge in [0.2, 0.25) is 0 Å². The highest BCUT2D eigenvalue weighted by atomic mass is 16.5. The lowest BCUT2D eigenvalue weighted by molar-refractivity contribution is 0.0710. The van der Waals surface area contributed by atoms with E-state index < -0.39 is 0 Å². The number of likely N-dealkylation sites (tertiary alicyclic amines) is 1. The molecule has 5 rings (SSSR count). The summed E-state index contributed by atoms with van der Waals surface area (Å²) in [6, 6.07) is 25.1. The van der Waals surface area contributed by atoms with Gasteiger partial charge in [-0.3, -0.25) is 4.79 Å². The van der Waals surface area contributed by atoms with Crippen molar-refractivity contribution in [3.05, 3.63) is 108 Å². The van der Waals surface area contributed by atoms with Gasteiger partial charge in [-0.15, -0.1) is 0 Å². The van der Waals surface area contributed by atoms with Crippen molar-refractivity contribution in [2.24, 2.45) is 0 Å². The van der Waals surface area contributed by atoms with Crippen LogP contribution in [0.25, 0.3) is 11.1 Å². The molecule has 6 nitrogen and oxygen atoms in total. The molecule has 4 aromatic rings. The van der Waals surface area contributed by atoms with E-state index in [1.807, 2.05) is 65.7 Å². The number of hydrogen-bond acceptors (Lipinski definition) is 4. The number of aryl methyl sites for hydroxylation is 1. The van der Waals surface area contributed by atoms with Crippen LogP contribution in [-0.2, 0) is 17.9 Å². The van der Waals surface area contributed by atoms with Crippen LogP contribution in [0.5, 0.6) is 5.75 Å². The van der Waals surface area contributed by atoms with E-state index in [0.717, 1.165) is 68.9 Å². The van der Waals surface area contributed by atoms with Crippen molar-refractivity contribution < 1.29 is 14.6 Å². The number of ether oxygens (including phenoxy) is 1. The minimum atomic E-state index is 0.0829. The van der Waals surface area contributed by atoms with Crippen LogP contribution in [0.15, 0.2) is 91.3 Å². The molecular formula is C32H35N3O3. The maximum atomic E-state index is 13.1. The molecule has 0 saturated carbocycles. The Balaban J connectivity index is 1.07. The predicted octanol–water partition coefficient (Wildman–Crippen LogP) is 6.27. The summed E-state index contributed by atoms with van der Waals surface area (Å²) in [5.74, 6) is 1.84. The van der Waals surface area contributed by atoms with E-state index in [1.54, 1.807) is 12.1 Å². The molecule has 0 spiro atoms. The number of imidazole rings is 1. The van der Waals surface area contributed by atoms with Gasteiger partial charge in [-0.05, 0) is 66.6 Å². The van der Waals surface area contributed by atoms with Crippen LogP contribution < -0.4 is 0 Å². The van der Waals surface area contributed by atoms with E-state index in [0.29, 0.717) is 18.1 Å². The molecule has 1 aliphatic heterocycles. The minimum Gasteiger partial charge on any atom is -0.508 e. The van der Waals surface area contributed by atoms with E-state index in [4.69, 9.17) is 4.74 Å². The van der Waals surface area contributed by atoms with Crippen molar-refractivity contribution in [1.82, 2.24) is 14.5 Å². The molecule has 0 bridgehead atoms. The Bertz CT molecular complexity index is 1290. The second kappa shape index (κ2) is 12.6. The van der Waals surface area contributed by atoms with E-state index in [9.17, 15) is 9.90 Å². The zero-order chi connectivity index (χ0) is 26.2. The number of amides is 1. The van der Waals surface area contributed by atoms with Gasteiger partial charge in [0.05, 0.1) is 6.61 Å². The topological polar surface area (TPSA) is 67.6 Å². The summed E-state index contributed by atoms with van der Waals surface area (Å²) in [4.78, 5) is 19.8. The molecule has 0 aliphatic carbocycles. The molecule has 1 fully saturated rings. The molecule has 6 heteroatoms. The van der Waals surface area contributed by atoms with Gasteiger partial charge in [0.1, 0.15) is 11.6 Å². The number of phenols is 1. The number of piperidine rings is 1. The quantitative estimate of drug-likeness (QED) is 0.256. The molecule has 1 N–H and O–H groups in total. The number of rotatable bonds is 10. The van der Waals surface area contributed by atoms with Gasteiger partial charge in [0, 0.05) is 50.1 Å². The molecule has 0 radical (unpaired) electrons. The molecule has 38 heavy (non-hydrogen) atoms. The first-order chi connectivity index (χ1) is 18.7. The number of aromatic nitrogens is 2. The zero-order valence-electron chi connectivity index (χ0n) is 21.7. The largest absolute Gasteiger partial charge is 0.508 e. The SMILES string of the molecule is O=C(c1ccc(-c2ccc(O)cc2)cc1)N1CCC(c2nccn2CCCCOCc2ccccc2)CC1. The van der Waals surface area contributed by atoms with Gasteiger partial charge in [-0.2, -0.15) is 0 Å². The Morgan fingerprint density at radius 2 is 1.58 bits per heavy atom. The highest BCUT2D eigenvalue weighted by Gasteiger charge is 2.27. The minimum absolute atomic E-state index is 0.0829. The van der Waals surface area contributed by atoms with E-state index in [1.165, 1.54) is 5.56 Å². The zero-order valence-corrected chi connectivity index (χ0v) is 21.7. The molecule has 1 amide bonds. The molecular weight excluding hydrogens is 474 g/mol. The third-order valence-electron chi connectivity index (χ3n) is 7.28. The average Bonchev–Trinajstić information content (AvgIpc) is 3.44. The van der Waals surface area contributed by atoms with Gasteiger partial charge in [-0.25, -0.2) is 4.98 Å². The lowest BCUT2D eigenvalue weighted by Gasteiger charge is -2.32. The number of phenolic OH excluding ortho intramolecular Hbond substituents is 1. The van der Waals surface area contributed by atoms with E-state index >= 15 is 0 Å². The number of benzene rings is 3. The van der Waals surface area contributed by atoms with Crippen LogP contribution in [0.1, 0.15) is 53.3 Å². The molecule has 0 unspecified atom stereocenters. The van der Waals surface area contributed by atoms with Crippen molar-refractivity contribution in [2.75, 3.05) is 19.7 Å². The van der Waals surface area contributed by atoms with Crippen LogP contribution in [0.4, 0.5) is 0 Å². The first kappa shape index (κ1) is 25.7. The highest BCUT2D eigenvalue weighted by Crippen LogP contribution is 2.28. The average molecular weight is 510 g/mol. The Kier molecular flexibility index (Phi) is 8.51. The predicted molar refractivity (Wildman–Crippen MR) is 149 cm³/mol. The second-order valence-electron chi connectivity index (χ2n) is 9.91. The third-order valence-corrected chi connectivity index (χ3v) is 7.28. The van der Waals surface area contributed by atoms with Crippen molar-refractivity contribution >= 4 is 5.91 Å². The standard InChI is InChI=1S/C32H35N3O3/c36-30-14-12-27(13-15-30)26-8-10-29(11-9-26)32(37)35-20-16-28(17-21-35)31-33-18-22-34(31)19-4-5-23-38-24-25-6-2-1-3-7-25/h1-3,6-15,18,22,28,36H,4-5,16-17,19-21,23-24H2. The third kappa shape index (κ3) is 6.50. The van der Waals surface area contributed by atoms with Crippen LogP contribution >= 0.6 is 0 Å². The normalized spacial score (nSPS) is 14.1. The maximum absolute atomic E-state index is 13.1. The Hall–Kier alpha value is -3.90. The second-order valence-corrected chi connectivity index (χ2v) is 9.91. The van der Waals surface area contributed by atoms with Crippen molar-refractivity contribution in [2.45, 2.75) is 44.8 Å². The number of unbranched alkanes of at least 4 members (excludes halogenated alkanes) is 1. The lowest BCUT2D eigenvalue weighted by Crippen LogP contribution is -2.38. The first-order valence-corrected chi connectivity index (χ1v) is 13.5. The fourth-order valence-corrected chi connectivity index (χ4v) is 5.10. The van der Waals surface area contributed by atoms with Crippen LogP contribution in [0.3, 0.4) is 0 Å². The van der Waals surface area contributed by atoms with Gasteiger partial charge < -0.3 is 19.3 Å². The summed E-state index contributed by atoms with van der Waals surface area (Å²) in [6.07, 6.45) is 7.89. The Morgan fingerprint density at radius 3 is 2.29 bits per heavy atom. The molecule has 2 heterocycles. The molecule has 3 aromatic carbocycles. The summed E-state index contributed by atoms with van der Waals surface area (Å²) < 4.78 is 8.10. The van der Waals surface area contributed by atoms with E-state index in [2.05, 4.69) is 27.9 Å². The molecule has 0 atom stereocenters. The fraction of sp³-hybridized carbons (Fsp3) is 0.312. The lowest BCUT2D eigenvalue weighted by atomic mass is 9.95. The van der Waals surface area contributed by atoms with Gasteiger partial charge in [0.25, 0.3) is 5.91 Å². The monoisotopic (exact) mass is 509 g/mol. The van der Waals surface area contributed by atoms with Crippen molar-refractivity contribution in [3.63, 3.8) is 0 Å². The van der Waals surface area contributed by atoms with Gasteiger partial charge in [0.15, 0.2) is 0 Å². The number of hydrogen-bond donors (Lipinski definition) is 1. The number of nitrogens with zero attached hydrogens (tertiary/aromatic N) is 3. The molecule has 1 aliphatic rings.